The monoisotopic (exact) mass is 538 g/mol. The minimum absolute atomic E-state index is 0.176. The molecule has 0 saturated heterocycles. The molecule has 0 radical (unpaired) electrons. The van der Waals surface area contributed by atoms with Crippen LogP contribution in [-0.2, 0) is 14.8 Å². The van der Waals surface area contributed by atoms with Crippen molar-refractivity contribution in [3.63, 3.8) is 0 Å². The van der Waals surface area contributed by atoms with E-state index in [1.54, 1.807) is 18.2 Å². The molecule has 0 bridgehead atoms. The molecule has 0 aliphatic heterocycles. The van der Waals surface area contributed by atoms with Gasteiger partial charge >= 0.3 is 0 Å². The summed E-state index contributed by atoms with van der Waals surface area (Å²) < 4.78 is 28.0. The van der Waals surface area contributed by atoms with Crippen molar-refractivity contribution in [2.45, 2.75) is 4.90 Å². The summed E-state index contributed by atoms with van der Waals surface area (Å²) in [6, 6.07) is 30.6. The van der Waals surface area contributed by atoms with E-state index in [0.29, 0.717) is 0 Å². The lowest BCUT2D eigenvalue weighted by atomic mass is 9.97. The van der Waals surface area contributed by atoms with Crippen LogP contribution in [0.2, 0.25) is 0 Å². The molecular formula is C29H22N4O5S. The lowest BCUT2D eigenvalue weighted by Crippen LogP contribution is -2.39. The number of hydrazone groups is 1. The predicted molar refractivity (Wildman–Crippen MR) is 151 cm³/mol. The van der Waals surface area contributed by atoms with E-state index >= 15 is 0 Å². The van der Waals surface area contributed by atoms with Crippen molar-refractivity contribution >= 4 is 55.1 Å². The van der Waals surface area contributed by atoms with Crippen LogP contribution in [0.3, 0.4) is 0 Å². The number of anilines is 1. The van der Waals surface area contributed by atoms with Gasteiger partial charge in [0.15, 0.2) is 4.90 Å². The van der Waals surface area contributed by atoms with Gasteiger partial charge in [0.1, 0.15) is 6.54 Å². The molecule has 0 saturated carbocycles. The van der Waals surface area contributed by atoms with Crippen LogP contribution < -0.4 is 9.73 Å². The molecule has 10 heteroatoms. The number of para-hydroxylation sites is 2. The van der Waals surface area contributed by atoms with E-state index in [9.17, 15) is 23.3 Å². The number of amides is 1. The van der Waals surface area contributed by atoms with E-state index in [1.807, 2.05) is 48.5 Å². The summed E-state index contributed by atoms with van der Waals surface area (Å²) in [5, 5.41) is 19.6. The highest BCUT2D eigenvalue weighted by molar-refractivity contribution is 7.93. The first kappa shape index (κ1) is 25.6. The highest BCUT2D eigenvalue weighted by atomic mass is 32.2. The number of benzene rings is 5. The first-order valence-electron chi connectivity index (χ1n) is 11.9. The van der Waals surface area contributed by atoms with Crippen LogP contribution in [0.4, 0.5) is 11.4 Å². The molecule has 0 atom stereocenters. The van der Waals surface area contributed by atoms with Gasteiger partial charge in [-0.2, -0.15) is 5.10 Å². The molecule has 9 nitrogen and oxygen atoms in total. The summed E-state index contributed by atoms with van der Waals surface area (Å²) in [5.41, 5.74) is 2.81. The third-order valence-corrected chi connectivity index (χ3v) is 7.98. The van der Waals surface area contributed by atoms with Crippen LogP contribution in [0.1, 0.15) is 5.56 Å². The fourth-order valence-corrected chi connectivity index (χ4v) is 5.96. The van der Waals surface area contributed by atoms with Gasteiger partial charge < -0.3 is 0 Å². The Morgan fingerprint density at radius 2 is 1.41 bits per heavy atom. The molecule has 194 valence electrons. The summed E-state index contributed by atoms with van der Waals surface area (Å²) in [7, 11) is -4.48. The lowest BCUT2D eigenvalue weighted by molar-refractivity contribution is -0.387. The highest BCUT2D eigenvalue weighted by Crippen LogP contribution is 2.30. The Hall–Kier alpha value is -5.09. The zero-order valence-electron chi connectivity index (χ0n) is 20.5. The second kappa shape index (κ2) is 10.7. The van der Waals surface area contributed by atoms with E-state index in [-0.39, 0.29) is 5.69 Å². The molecule has 5 rings (SSSR count). The molecule has 0 aliphatic rings. The van der Waals surface area contributed by atoms with Gasteiger partial charge in [-0.3, -0.25) is 19.2 Å². The van der Waals surface area contributed by atoms with Crippen LogP contribution in [0.5, 0.6) is 0 Å². The summed E-state index contributed by atoms with van der Waals surface area (Å²) in [4.78, 5) is 23.2. The lowest BCUT2D eigenvalue weighted by Gasteiger charge is -2.23. The largest absolute Gasteiger partial charge is 0.289 e. The van der Waals surface area contributed by atoms with Crippen molar-refractivity contribution in [3.05, 3.63) is 125 Å². The zero-order chi connectivity index (χ0) is 27.4. The maximum Gasteiger partial charge on any atom is 0.289 e. The number of rotatable bonds is 8. The fourth-order valence-electron chi connectivity index (χ4n) is 4.38. The molecule has 0 fully saturated rings. The number of nitrogens with one attached hydrogen (secondary N) is 1. The summed E-state index contributed by atoms with van der Waals surface area (Å²) in [6.07, 6.45) is 1.53. The second-order valence-electron chi connectivity index (χ2n) is 8.60. The number of nitro groups is 1. The molecule has 5 aromatic rings. The second-order valence-corrected chi connectivity index (χ2v) is 10.4. The van der Waals surface area contributed by atoms with Crippen LogP contribution in [0.25, 0.3) is 21.5 Å². The number of sulfonamides is 1. The van der Waals surface area contributed by atoms with Crippen LogP contribution in [0.15, 0.2) is 119 Å². The normalized spacial score (nSPS) is 11.6. The predicted octanol–water partition coefficient (Wildman–Crippen LogP) is 5.25. The number of carbonyl (C=O) groups excluding carboxylic acids is 1. The Balaban J connectivity index is 1.46. The van der Waals surface area contributed by atoms with Crippen molar-refractivity contribution < 1.29 is 18.1 Å². The van der Waals surface area contributed by atoms with Gasteiger partial charge in [-0.05, 0) is 45.8 Å². The molecule has 1 N–H and O–H groups in total. The maximum atomic E-state index is 13.6. The van der Waals surface area contributed by atoms with E-state index in [0.717, 1.165) is 43.5 Å². The van der Waals surface area contributed by atoms with E-state index < -0.39 is 38.0 Å². The summed E-state index contributed by atoms with van der Waals surface area (Å²) in [6.45, 7) is -0.647. The zero-order valence-corrected chi connectivity index (χ0v) is 21.3. The average molecular weight is 539 g/mol. The summed E-state index contributed by atoms with van der Waals surface area (Å²) >= 11 is 0. The quantitative estimate of drug-likeness (QED) is 0.125. The molecule has 0 heterocycles. The Labute approximate surface area is 224 Å². The van der Waals surface area contributed by atoms with Crippen molar-refractivity contribution in [2.24, 2.45) is 5.10 Å². The summed E-state index contributed by atoms with van der Waals surface area (Å²) in [5.74, 6) is -0.721. The average Bonchev–Trinajstić information content (AvgIpc) is 2.96. The SMILES string of the molecule is O=C(CN(c1ccccc1)S(=O)(=O)c1ccccc1[N+](=O)[O-])N/N=C\c1c2ccccc2cc2ccccc12. The van der Waals surface area contributed by atoms with Gasteiger partial charge in [-0.1, -0.05) is 78.9 Å². The number of hydrogen-bond acceptors (Lipinski definition) is 6. The minimum atomic E-state index is -4.48. The molecule has 0 aromatic heterocycles. The number of hydrogen-bond donors (Lipinski definition) is 1. The van der Waals surface area contributed by atoms with E-state index in [1.165, 1.54) is 30.5 Å². The number of fused-ring (bicyclic) bond motifs is 2. The highest BCUT2D eigenvalue weighted by Gasteiger charge is 2.33. The van der Waals surface area contributed by atoms with Gasteiger partial charge in [-0.15, -0.1) is 0 Å². The van der Waals surface area contributed by atoms with E-state index in [2.05, 4.69) is 16.6 Å². The van der Waals surface area contributed by atoms with Gasteiger partial charge in [-0.25, -0.2) is 13.8 Å². The van der Waals surface area contributed by atoms with Gasteiger partial charge in [0.25, 0.3) is 21.6 Å². The van der Waals surface area contributed by atoms with Crippen LogP contribution in [-0.4, -0.2) is 32.0 Å². The number of nitrogens with zero attached hydrogens (tertiary/aromatic N) is 3. The van der Waals surface area contributed by atoms with Gasteiger partial charge in [0.2, 0.25) is 0 Å². The Bertz CT molecular complexity index is 1790. The third-order valence-electron chi connectivity index (χ3n) is 6.16. The first-order chi connectivity index (χ1) is 18.9. The van der Waals surface area contributed by atoms with Crippen LogP contribution in [0, 0.1) is 10.1 Å². The molecular weight excluding hydrogens is 516 g/mol. The molecule has 0 unspecified atom stereocenters. The van der Waals surface area contributed by atoms with Crippen molar-refractivity contribution in [3.8, 4) is 0 Å². The molecule has 1 amide bonds. The number of carbonyl (C=O) groups is 1. The van der Waals surface area contributed by atoms with Crippen molar-refractivity contribution in [1.82, 2.24) is 5.43 Å². The molecule has 39 heavy (non-hydrogen) atoms. The Morgan fingerprint density at radius 3 is 2.05 bits per heavy atom. The fraction of sp³-hybridized carbons (Fsp3) is 0.0345. The topological polar surface area (TPSA) is 122 Å². The van der Waals surface area contributed by atoms with Crippen molar-refractivity contribution in [1.29, 1.82) is 0 Å². The van der Waals surface area contributed by atoms with Crippen LogP contribution >= 0.6 is 0 Å². The third kappa shape index (κ3) is 5.18. The number of nitro benzene ring substituents is 1. The maximum absolute atomic E-state index is 13.6. The van der Waals surface area contributed by atoms with Crippen molar-refractivity contribution in [2.75, 3.05) is 10.8 Å². The van der Waals surface area contributed by atoms with Gasteiger partial charge in [0.05, 0.1) is 16.8 Å². The Morgan fingerprint density at radius 1 is 0.846 bits per heavy atom. The first-order valence-corrected chi connectivity index (χ1v) is 13.3. The molecule has 0 spiro atoms. The Kier molecular flexibility index (Phi) is 7.02. The smallest absolute Gasteiger partial charge is 0.271 e. The van der Waals surface area contributed by atoms with E-state index in [4.69, 9.17) is 0 Å². The standard InChI is InChI=1S/C29H22N4O5S/c34-29(31-30-19-26-24-14-6-4-10-21(24)18-22-11-5-7-15-25(22)26)20-32(23-12-2-1-3-13-23)39(37,38)28-17-9-8-16-27(28)33(35)36/h1-19H,20H2,(H,31,34)/b30-19-. The minimum Gasteiger partial charge on any atom is -0.271 e. The van der Waals surface area contributed by atoms with Gasteiger partial charge in [0, 0.05) is 11.6 Å². The molecule has 5 aromatic carbocycles. The molecule has 0 aliphatic carbocycles.